The summed E-state index contributed by atoms with van der Waals surface area (Å²) < 4.78 is 9.09. The van der Waals surface area contributed by atoms with Gasteiger partial charge >= 0.3 is 0 Å². The van der Waals surface area contributed by atoms with Crippen LogP contribution in [0.25, 0.3) is 106 Å². The Labute approximate surface area is 340 Å². The van der Waals surface area contributed by atoms with Crippen molar-refractivity contribution in [2.75, 3.05) is 0 Å². The number of rotatable bonds is 5. The van der Waals surface area contributed by atoms with E-state index < -0.39 is 0 Å². The zero-order chi connectivity index (χ0) is 39.2. The third-order valence-corrected chi connectivity index (χ3v) is 12.3. The first-order valence-electron chi connectivity index (χ1n) is 20.1. The number of nitrogens with zero attached hydrogens (tertiary/aromatic N) is 4. The SMILES string of the molecule is CC1(C)c2ccccc2-c2c(-c3nc(-c4ccccc4)nc(-c4ccc5c(c4)oc4cccc(-c6cccc7c6c6ccccc6n7-c6ccccc6)c45)n3)cccc21. The average molecular weight is 757 g/mol. The highest BCUT2D eigenvalue weighted by Crippen LogP contribution is 2.52. The topological polar surface area (TPSA) is 56.7 Å². The van der Waals surface area contributed by atoms with Crippen molar-refractivity contribution >= 4 is 43.7 Å². The third kappa shape index (κ3) is 5.01. The highest BCUT2D eigenvalue weighted by atomic mass is 16.3. The summed E-state index contributed by atoms with van der Waals surface area (Å²) in [4.78, 5) is 15.5. The van der Waals surface area contributed by atoms with Gasteiger partial charge in [0.2, 0.25) is 0 Å². The molecule has 1 aliphatic carbocycles. The van der Waals surface area contributed by atoms with Crippen molar-refractivity contribution in [1.82, 2.24) is 19.5 Å². The third-order valence-electron chi connectivity index (χ3n) is 12.3. The minimum atomic E-state index is -0.143. The lowest BCUT2D eigenvalue weighted by atomic mass is 9.82. The zero-order valence-corrected chi connectivity index (χ0v) is 32.5. The maximum Gasteiger partial charge on any atom is 0.164 e. The molecule has 0 N–H and O–H groups in total. The van der Waals surface area contributed by atoms with Gasteiger partial charge in [0.15, 0.2) is 17.5 Å². The second kappa shape index (κ2) is 12.7. The normalized spacial score (nSPS) is 13.1. The molecule has 278 valence electrons. The molecule has 0 bridgehead atoms. The van der Waals surface area contributed by atoms with Gasteiger partial charge in [-0.25, -0.2) is 15.0 Å². The maximum atomic E-state index is 6.73. The fourth-order valence-corrected chi connectivity index (χ4v) is 9.57. The fourth-order valence-electron chi connectivity index (χ4n) is 9.57. The molecule has 0 amide bonds. The zero-order valence-electron chi connectivity index (χ0n) is 32.5. The Balaban J connectivity index is 1.05. The molecule has 3 aromatic heterocycles. The molecule has 0 saturated heterocycles. The molecule has 0 radical (unpaired) electrons. The number of hydrogen-bond donors (Lipinski definition) is 0. The lowest BCUT2D eigenvalue weighted by molar-refractivity contribution is 0.660. The summed E-state index contributed by atoms with van der Waals surface area (Å²) in [6.07, 6.45) is 0. The van der Waals surface area contributed by atoms with Crippen molar-refractivity contribution in [3.8, 4) is 62.1 Å². The lowest BCUT2D eigenvalue weighted by Crippen LogP contribution is -2.14. The highest BCUT2D eigenvalue weighted by Gasteiger charge is 2.37. The Bertz CT molecular complexity index is 3470. The van der Waals surface area contributed by atoms with E-state index in [4.69, 9.17) is 19.4 Å². The Kier molecular flexibility index (Phi) is 7.20. The van der Waals surface area contributed by atoms with Gasteiger partial charge in [0.05, 0.1) is 11.0 Å². The Hall–Kier alpha value is -7.63. The summed E-state index contributed by atoms with van der Waals surface area (Å²) in [5.41, 5.74) is 15.0. The summed E-state index contributed by atoms with van der Waals surface area (Å²) in [7, 11) is 0. The highest BCUT2D eigenvalue weighted by molar-refractivity contribution is 6.21. The maximum absolute atomic E-state index is 6.73. The summed E-state index contributed by atoms with van der Waals surface area (Å²) in [6, 6.07) is 64.1. The van der Waals surface area contributed by atoms with Gasteiger partial charge in [-0.15, -0.1) is 0 Å². The number of furan rings is 1. The van der Waals surface area contributed by atoms with Crippen LogP contribution in [0, 0.1) is 0 Å². The van der Waals surface area contributed by atoms with Crippen molar-refractivity contribution in [3.05, 3.63) is 193 Å². The molecule has 0 saturated carbocycles. The molecule has 5 heteroatoms. The quantitative estimate of drug-likeness (QED) is 0.175. The van der Waals surface area contributed by atoms with Crippen LogP contribution in [0.3, 0.4) is 0 Å². The smallest absolute Gasteiger partial charge is 0.164 e. The van der Waals surface area contributed by atoms with Gasteiger partial charge < -0.3 is 8.98 Å². The van der Waals surface area contributed by atoms with Crippen LogP contribution < -0.4 is 0 Å². The Morgan fingerprint density at radius 1 is 0.424 bits per heavy atom. The first kappa shape index (κ1) is 33.5. The molecule has 0 spiro atoms. The van der Waals surface area contributed by atoms with E-state index in [1.165, 1.54) is 44.1 Å². The summed E-state index contributed by atoms with van der Waals surface area (Å²) in [5, 5.41) is 4.56. The van der Waals surface area contributed by atoms with Crippen LogP contribution in [0.4, 0.5) is 0 Å². The first-order valence-corrected chi connectivity index (χ1v) is 20.1. The number of benzene rings is 8. The second-order valence-corrected chi connectivity index (χ2v) is 16.0. The fraction of sp³-hybridized carbons (Fsp3) is 0.0556. The van der Waals surface area contributed by atoms with Crippen LogP contribution >= 0.6 is 0 Å². The van der Waals surface area contributed by atoms with E-state index in [9.17, 15) is 0 Å². The van der Waals surface area contributed by atoms with E-state index in [1.54, 1.807) is 0 Å². The standard InChI is InChI=1S/C54H36N4O/c1-54(2)42-25-11-9-20-38(42)48-41(24-13-26-43(48)54)53-56-51(33-16-5-3-6-17-33)55-52(57-53)34-30-31-40-47(32-34)59-46-29-15-23-37(50(40)46)36-22-14-28-45-49(36)39-21-10-12-27-44(39)58(45)35-18-7-4-8-19-35/h3-32H,1-2H3. The van der Waals surface area contributed by atoms with Crippen LogP contribution in [0.15, 0.2) is 186 Å². The van der Waals surface area contributed by atoms with E-state index in [-0.39, 0.29) is 5.41 Å². The van der Waals surface area contributed by atoms with Gasteiger partial charge in [-0.05, 0) is 75.8 Å². The molecule has 11 aromatic rings. The first-order chi connectivity index (χ1) is 29.0. The summed E-state index contributed by atoms with van der Waals surface area (Å²) in [6.45, 7) is 4.60. The van der Waals surface area contributed by atoms with E-state index in [0.717, 1.165) is 55.4 Å². The molecule has 59 heavy (non-hydrogen) atoms. The molecular formula is C54H36N4O. The number of fused-ring (bicyclic) bond motifs is 9. The molecule has 0 atom stereocenters. The Morgan fingerprint density at radius 3 is 1.88 bits per heavy atom. The molecule has 3 heterocycles. The second-order valence-electron chi connectivity index (χ2n) is 16.0. The van der Waals surface area contributed by atoms with Crippen LogP contribution in [0.1, 0.15) is 25.0 Å². The largest absolute Gasteiger partial charge is 0.456 e. The van der Waals surface area contributed by atoms with Gasteiger partial charge in [0.25, 0.3) is 0 Å². The minimum absolute atomic E-state index is 0.143. The van der Waals surface area contributed by atoms with E-state index in [1.807, 2.05) is 18.2 Å². The van der Waals surface area contributed by atoms with Crippen molar-refractivity contribution in [2.24, 2.45) is 0 Å². The molecule has 5 nitrogen and oxygen atoms in total. The van der Waals surface area contributed by atoms with Gasteiger partial charge in [-0.1, -0.05) is 153 Å². The molecule has 8 aromatic carbocycles. The van der Waals surface area contributed by atoms with Crippen LogP contribution in [0.5, 0.6) is 0 Å². The summed E-state index contributed by atoms with van der Waals surface area (Å²) in [5.74, 6) is 1.87. The van der Waals surface area contributed by atoms with Crippen molar-refractivity contribution < 1.29 is 4.42 Å². The van der Waals surface area contributed by atoms with Gasteiger partial charge in [0, 0.05) is 49.3 Å². The molecule has 1 aliphatic rings. The molecule has 0 unspecified atom stereocenters. The summed E-state index contributed by atoms with van der Waals surface area (Å²) >= 11 is 0. The molecular weight excluding hydrogens is 721 g/mol. The van der Waals surface area contributed by atoms with Crippen molar-refractivity contribution in [2.45, 2.75) is 19.3 Å². The number of para-hydroxylation sites is 2. The lowest BCUT2D eigenvalue weighted by Gasteiger charge is -2.21. The van der Waals surface area contributed by atoms with E-state index >= 15 is 0 Å². The minimum Gasteiger partial charge on any atom is -0.456 e. The average Bonchev–Trinajstić information content (AvgIpc) is 3.92. The molecule has 0 fully saturated rings. The van der Waals surface area contributed by atoms with Crippen molar-refractivity contribution in [1.29, 1.82) is 0 Å². The van der Waals surface area contributed by atoms with E-state index in [0.29, 0.717) is 17.5 Å². The van der Waals surface area contributed by atoms with Crippen molar-refractivity contribution in [3.63, 3.8) is 0 Å². The number of hydrogen-bond acceptors (Lipinski definition) is 4. The van der Waals surface area contributed by atoms with Crippen LogP contribution in [-0.4, -0.2) is 19.5 Å². The Morgan fingerprint density at radius 2 is 1.03 bits per heavy atom. The predicted octanol–water partition coefficient (Wildman–Crippen LogP) is 13.8. The van der Waals surface area contributed by atoms with E-state index in [2.05, 4.69) is 182 Å². The monoisotopic (exact) mass is 756 g/mol. The van der Waals surface area contributed by atoms with Gasteiger partial charge in [0.1, 0.15) is 11.2 Å². The van der Waals surface area contributed by atoms with Gasteiger partial charge in [-0.2, -0.15) is 0 Å². The van der Waals surface area contributed by atoms with Gasteiger partial charge in [-0.3, -0.25) is 0 Å². The van der Waals surface area contributed by atoms with Crippen LogP contribution in [0.2, 0.25) is 0 Å². The predicted molar refractivity (Wildman–Crippen MR) is 241 cm³/mol. The van der Waals surface area contributed by atoms with Crippen LogP contribution in [-0.2, 0) is 5.41 Å². The molecule has 0 aliphatic heterocycles. The molecule has 12 rings (SSSR count). The number of aromatic nitrogens is 4.